The van der Waals surface area contributed by atoms with E-state index in [4.69, 9.17) is 5.26 Å². The lowest BCUT2D eigenvalue weighted by molar-refractivity contribution is -0.0462. The molecule has 0 aliphatic heterocycles. The number of ether oxygens (including phenoxy) is 3. The predicted octanol–water partition coefficient (Wildman–Crippen LogP) is 11.9. The molecular weight excluding hydrogens is 1020 g/mol. The summed E-state index contributed by atoms with van der Waals surface area (Å²) in [6.45, 7) is 3.12. The highest BCUT2D eigenvalue weighted by Crippen LogP contribution is 2.38. The van der Waals surface area contributed by atoms with E-state index in [2.05, 4.69) is 14.2 Å². The van der Waals surface area contributed by atoms with Crippen LogP contribution in [-0.4, -0.2) is 77.3 Å². The highest BCUT2D eigenvalue weighted by Gasteiger charge is 2.61. The van der Waals surface area contributed by atoms with Gasteiger partial charge in [0.2, 0.25) is 0 Å². The van der Waals surface area contributed by atoms with Crippen molar-refractivity contribution < 1.29 is 90.8 Å². The summed E-state index contributed by atoms with van der Waals surface area (Å²) in [5.41, 5.74) is -12.1. The van der Waals surface area contributed by atoms with Gasteiger partial charge in [-0.25, -0.2) is 23.2 Å². The minimum Gasteiger partial charge on any atom is -0.508 e. The van der Waals surface area contributed by atoms with Gasteiger partial charge >= 0.3 is 49.0 Å². The van der Waals surface area contributed by atoms with Crippen LogP contribution >= 0.6 is 0 Å². The summed E-state index contributed by atoms with van der Waals surface area (Å²) in [5, 5.41) is 29.7. The number of sulfonamides is 2. The lowest BCUT2D eigenvalue weighted by Gasteiger charge is -2.25. The highest BCUT2D eigenvalue weighted by molar-refractivity contribution is 8.11. The first-order valence-electron chi connectivity index (χ1n) is 19.5. The first kappa shape index (κ1) is 63.0. The van der Waals surface area contributed by atoms with E-state index in [0.717, 1.165) is 34.4 Å². The Hall–Kier alpha value is -8.04. The lowest BCUT2D eigenvalue weighted by Crippen LogP contribution is -2.49. The molecule has 0 heterocycles. The third-order valence-corrected chi connectivity index (χ3v) is 12.8. The quantitative estimate of drug-likeness (QED) is 0.0902. The van der Waals surface area contributed by atoms with Gasteiger partial charge in [-0.1, -0.05) is 75.5 Å². The number of methoxy groups -OCH3 is 3. The van der Waals surface area contributed by atoms with Gasteiger partial charge in [-0.15, -0.1) is 3.71 Å². The van der Waals surface area contributed by atoms with Crippen molar-refractivity contribution in [3.05, 3.63) is 161 Å². The van der Waals surface area contributed by atoms with Crippen LogP contribution in [0.5, 0.6) is 11.5 Å². The van der Waals surface area contributed by atoms with Crippen LogP contribution in [0, 0.1) is 29.9 Å². The van der Waals surface area contributed by atoms with Crippen LogP contribution in [0.3, 0.4) is 0 Å². The molecule has 14 nitrogen and oxygen atoms in total. The van der Waals surface area contributed by atoms with Gasteiger partial charge in [-0.05, 0) is 101 Å². The number of phenols is 2. The number of hydrogen-bond donors (Lipinski definition) is 2. The summed E-state index contributed by atoms with van der Waals surface area (Å²) in [4.78, 5) is 33.8. The van der Waals surface area contributed by atoms with E-state index < -0.39 is 64.0 Å². The number of alkyl halides is 6. The Balaban J connectivity index is 0.000000476. The van der Waals surface area contributed by atoms with Crippen molar-refractivity contribution in [2.24, 2.45) is 0 Å². The topological polar surface area (TPSA) is 215 Å². The Bertz CT molecular complexity index is 3180. The molecule has 7 rings (SSSR count). The van der Waals surface area contributed by atoms with Crippen molar-refractivity contribution in [2.45, 2.75) is 39.7 Å². The number of esters is 3. The Morgan fingerprint density at radius 2 is 0.918 bits per heavy atom. The molecule has 392 valence electrons. The standard InChI is InChI=1S/C13H11FO2.C12H9FO3.C12H10O3.C8H5F6NO4S2.C2H3N.2CH4/c1-8-3-4-9-5-6-10(13(15)16-2)7-11(9)12(8)14;1-16-12(15)8-3-2-7-4-5-10(14)11(13)9(7)6-8;1-15-12(14)9-3-2-8-4-5-11(13)7-10(8)6-9;9-7(10,11)20(16,17)15(6-4-2-1-3-5-6)21(18,19)8(12,13)14;1-2-3;;/h3-7H,1-2H3;2-6,14H,1H3;2-7,13H,1H3;1-5H;1H3;2*1H4. The molecule has 0 spiro atoms. The molecule has 7 aromatic carbocycles. The number of fused-ring (bicyclic) bond motifs is 3. The fraction of sp³-hybridized carbons (Fsp3) is 0.184. The molecular formula is C49H46F8N2O12S2. The number of anilines is 1. The molecule has 73 heavy (non-hydrogen) atoms. The van der Waals surface area contributed by atoms with Gasteiger partial charge in [0.25, 0.3) is 0 Å². The van der Waals surface area contributed by atoms with Gasteiger partial charge in [0, 0.05) is 17.7 Å². The van der Waals surface area contributed by atoms with Crippen LogP contribution in [0.25, 0.3) is 32.3 Å². The number of carbonyl (C=O) groups excluding carboxylic acids is 3. The van der Waals surface area contributed by atoms with Gasteiger partial charge in [-0.3, -0.25) is 0 Å². The molecule has 0 aliphatic carbocycles. The van der Waals surface area contributed by atoms with Crippen molar-refractivity contribution in [2.75, 3.05) is 25.0 Å². The minimum atomic E-state index is -6.81. The van der Waals surface area contributed by atoms with Gasteiger partial charge in [0.15, 0.2) is 11.6 Å². The normalized spacial score (nSPS) is 10.8. The molecule has 0 saturated heterocycles. The maximum absolute atomic E-state index is 13.8. The first-order chi connectivity index (χ1) is 33.1. The zero-order valence-electron chi connectivity index (χ0n) is 37.3. The summed E-state index contributed by atoms with van der Waals surface area (Å²) in [6, 6.07) is 31.6. The number of aromatic hydroxyl groups is 2. The van der Waals surface area contributed by atoms with Crippen molar-refractivity contribution in [3.8, 4) is 17.6 Å². The number of phenolic OH excluding ortho intramolecular Hbond substituents is 2. The van der Waals surface area contributed by atoms with E-state index in [9.17, 15) is 76.6 Å². The van der Waals surface area contributed by atoms with E-state index in [1.807, 2.05) is 12.1 Å². The number of nitriles is 1. The van der Waals surface area contributed by atoms with Gasteiger partial charge < -0.3 is 24.4 Å². The molecule has 0 radical (unpaired) electrons. The SMILES string of the molecule is C.C.CC#N.COC(=O)c1ccc2ccc(C)c(F)c2c1.COC(=O)c1ccc2ccc(O)c(F)c2c1.COC(=O)c1ccc2ccc(O)cc2c1.O=S(=O)(N(c1ccccc1)S(=O)(=O)C(F)(F)F)C(F)(F)F. The van der Waals surface area contributed by atoms with E-state index in [1.165, 1.54) is 46.5 Å². The molecule has 2 N–H and O–H groups in total. The van der Waals surface area contributed by atoms with Gasteiger partial charge in [0.05, 0.1) is 49.8 Å². The molecule has 0 atom stereocenters. The summed E-state index contributed by atoms with van der Waals surface area (Å²) < 4.78 is 159. The number of hydrogen-bond acceptors (Lipinski definition) is 13. The largest absolute Gasteiger partial charge is 0.517 e. The number of nitrogens with zero attached hydrogens (tertiary/aromatic N) is 2. The van der Waals surface area contributed by atoms with Crippen LogP contribution in [-0.2, 0) is 34.3 Å². The number of rotatable bonds is 6. The maximum Gasteiger partial charge on any atom is 0.517 e. The number of carbonyl (C=O) groups is 3. The second kappa shape index (κ2) is 26.4. The summed E-state index contributed by atoms with van der Waals surface area (Å²) in [6.07, 6.45) is 0. The van der Waals surface area contributed by atoms with Crippen LogP contribution in [0.2, 0.25) is 0 Å². The number of benzene rings is 7. The van der Waals surface area contributed by atoms with E-state index in [-0.39, 0.29) is 43.3 Å². The minimum absolute atomic E-state index is 0. The van der Waals surface area contributed by atoms with Gasteiger partial charge in [-0.2, -0.15) is 48.4 Å². The Labute approximate surface area is 414 Å². The summed E-state index contributed by atoms with van der Waals surface area (Å²) in [5.74, 6) is -2.64. The molecule has 0 aromatic heterocycles. The average Bonchev–Trinajstić information content (AvgIpc) is 3.33. The molecule has 0 unspecified atom stereocenters. The third-order valence-electron chi connectivity index (χ3n) is 9.16. The fourth-order valence-electron chi connectivity index (χ4n) is 5.78. The zero-order valence-corrected chi connectivity index (χ0v) is 39.0. The highest BCUT2D eigenvalue weighted by atomic mass is 32.3. The van der Waals surface area contributed by atoms with E-state index >= 15 is 0 Å². The molecule has 0 aliphatic rings. The maximum atomic E-state index is 13.8. The zero-order chi connectivity index (χ0) is 53.6. The Morgan fingerprint density at radius 3 is 1.34 bits per heavy atom. The molecule has 0 amide bonds. The molecule has 7 aromatic rings. The summed E-state index contributed by atoms with van der Waals surface area (Å²) >= 11 is 0. The smallest absolute Gasteiger partial charge is 0.508 e. The molecule has 0 bridgehead atoms. The predicted molar refractivity (Wildman–Crippen MR) is 257 cm³/mol. The van der Waals surface area contributed by atoms with Crippen LogP contribution < -0.4 is 3.71 Å². The fourth-order valence-corrected chi connectivity index (χ4v) is 8.49. The Kier molecular flexibility index (Phi) is 22.8. The van der Waals surface area contributed by atoms with Crippen LogP contribution in [0.15, 0.2) is 127 Å². The second-order valence-electron chi connectivity index (χ2n) is 13.8. The van der Waals surface area contributed by atoms with Crippen molar-refractivity contribution in [1.82, 2.24) is 0 Å². The number of halogens is 8. The number of aryl methyl sites for hydroxylation is 1. The monoisotopic (exact) mass is 1070 g/mol. The molecule has 0 saturated carbocycles. The molecule has 24 heteroatoms. The van der Waals surface area contributed by atoms with E-state index in [0.29, 0.717) is 39.6 Å². The number of para-hydroxylation sites is 1. The lowest BCUT2D eigenvalue weighted by atomic mass is 10.0. The van der Waals surface area contributed by atoms with Crippen LogP contribution in [0.4, 0.5) is 40.8 Å². The molecule has 0 fully saturated rings. The van der Waals surface area contributed by atoms with Crippen LogP contribution in [0.1, 0.15) is 58.4 Å². The second-order valence-corrected chi connectivity index (χ2v) is 17.6. The van der Waals surface area contributed by atoms with Crippen molar-refractivity contribution >= 4 is 76.0 Å². The average molecular weight is 1070 g/mol. The van der Waals surface area contributed by atoms with Crippen molar-refractivity contribution in [1.29, 1.82) is 5.26 Å². The Morgan fingerprint density at radius 1 is 0.548 bits per heavy atom. The first-order valence-corrected chi connectivity index (χ1v) is 22.4. The summed E-state index contributed by atoms with van der Waals surface area (Å²) in [7, 11) is -9.71. The van der Waals surface area contributed by atoms with Gasteiger partial charge in [0.1, 0.15) is 11.6 Å². The third kappa shape index (κ3) is 15.5. The van der Waals surface area contributed by atoms with Crippen molar-refractivity contribution in [3.63, 3.8) is 0 Å². The van der Waals surface area contributed by atoms with E-state index in [1.54, 1.807) is 79.7 Å².